The zero-order chi connectivity index (χ0) is 27.1. The summed E-state index contributed by atoms with van der Waals surface area (Å²) in [6.45, 7) is 4.01. The van der Waals surface area contributed by atoms with E-state index >= 15 is 0 Å². The van der Waals surface area contributed by atoms with Crippen LogP contribution >= 0.6 is 11.8 Å². The van der Waals surface area contributed by atoms with Crippen molar-refractivity contribution in [3.05, 3.63) is 53.9 Å². The normalized spacial score (nSPS) is 19.2. The molecule has 3 amide bonds. The number of hydrogen-bond donors (Lipinski definition) is 1. The summed E-state index contributed by atoms with van der Waals surface area (Å²) in [7, 11) is 0. The molecule has 0 saturated carbocycles. The summed E-state index contributed by atoms with van der Waals surface area (Å²) in [5.41, 5.74) is -2.07. The highest BCUT2D eigenvalue weighted by Gasteiger charge is 2.45. The number of benzene rings is 2. The largest absolute Gasteiger partial charge is 0.456 e. The predicted molar refractivity (Wildman–Crippen MR) is 129 cm³/mol. The predicted octanol–water partition coefficient (Wildman–Crippen LogP) is 5.26. The van der Waals surface area contributed by atoms with Crippen LogP contribution in [-0.2, 0) is 22.3 Å². The molecule has 1 aromatic heterocycles. The van der Waals surface area contributed by atoms with Gasteiger partial charge in [-0.3, -0.25) is 9.69 Å². The van der Waals surface area contributed by atoms with Crippen LogP contribution in [0.25, 0.3) is 11.4 Å². The summed E-state index contributed by atoms with van der Waals surface area (Å²) in [5.74, 6) is -0.775. The molecule has 9 nitrogen and oxygen atoms in total. The van der Waals surface area contributed by atoms with Gasteiger partial charge in [-0.2, -0.15) is 18.2 Å². The topological polar surface area (TPSA) is 107 Å². The maximum Gasteiger partial charge on any atom is 0.420 e. The Labute approximate surface area is 219 Å². The first-order valence-corrected chi connectivity index (χ1v) is 12.6. The maximum atomic E-state index is 14.1. The average molecular weight is 549 g/mol. The lowest BCUT2D eigenvalue weighted by atomic mass is 10.1. The molecule has 2 aliphatic heterocycles. The lowest BCUT2D eigenvalue weighted by Gasteiger charge is -2.17. The van der Waals surface area contributed by atoms with Crippen LogP contribution in [0.2, 0.25) is 0 Å². The van der Waals surface area contributed by atoms with Gasteiger partial charge in [-0.25, -0.2) is 4.79 Å². The molecule has 1 unspecified atom stereocenters. The fraction of sp³-hybridized carbons (Fsp3) is 0.360. The first-order valence-electron chi connectivity index (χ1n) is 11.7. The van der Waals surface area contributed by atoms with Gasteiger partial charge < -0.3 is 19.3 Å². The highest BCUT2D eigenvalue weighted by molar-refractivity contribution is 8.00. The summed E-state index contributed by atoms with van der Waals surface area (Å²) in [5, 5.41) is 6.47. The molecule has 2 aromatic carbocycles. The number of imide groups is 1. The second kappa shape index (κ2) is 9.95. The Hall–Kier alpha value is -3.58. The standard InChI is InChI=1S/C25H23F3N4O5S/c1-24(2)22(33)32(23(34)30-24)12-20-29-21(31-37-20)14-7-8-17(16(11-14)25(26,27)28)36-18-5-3-4-6-19(18)38-15-9-10-35-13-15/h3-8,11,15H,9-10,12-13H2,1-2H3,(H,30,34). The number of ether oxygens (including phenoxy) is 2. The van der Waals surface area contributed by atoms with Crippen LogP contribution in [0.5, 0.6) is 11.5 Å². The number of para-hydroxylation sites is 1. The van der Waals surface area contributed by atoms with Crippen molar-refractivity contribution >= 4 is 23.7 Å². The Balaban J connectivity index is 1.39. The summed E-state index contributed by atoms with van der Waals surface area (Å²) >= 11 is 1.51. The molecule has 1 atom stereocenters. The lowest BCUT2D eigenvalue weighted by Crippen LogP contribution is -2.40. The first kappa shape index (κ1) is 26.0. The Morgan fingerprint density at radius 2 is 1.97 bits per heavy atom. The third-order valence-corrected chi connectivity index (χ3v) is 7.30. The van der Waals surface area contributed by atoms with Crippen molar-refractivity contribution in [2.24, 2.45) is 0 Å². The zero-order valence-electron chi connectivity index (χ0n) is 20.4. The second-order valence-electron chi connectivity index (χ2n) is 9.32. The molecular formula is C25H23F3N4O5S. The van der Waals surface area contributed by atoms with E-state index in [1.807, 2.05) is 0 Å². The van der Waals surface area contributed by atoms with Crippen molar-refractivity contribution in [1.82, 2.24) is 20.4 Å². The van der Waals surface area contributed by atoms with E-state index in [2.05, 4.69) is 15.5 Å². The van der Waals surface area contributed by atoms with Gasteiger partial charge in [-0.1, -0.05) is 17.3 Å². The maximum absolute atomic E-state index is 14.1. The number of halogens is 3. The number of urea groups is 1. The molecule has 3 aromatic rings. The second-order valence-corrected chi connectivity index (χ2v) is 10.7. The molecule has 1 N–H and O–H groups in total. The van der Waals surface area contributed by atoms with E-state index in [0.717, 1.165) is 17.4 Å². The Morgan fingerprint density at radius 1 is 1.18 bits per heavy atom. The smallest absolute Gasteiger partial charge is 0.420 e. The van der Waals surface area contributed by atoms with Crippen molar-refractivity contribution < 1.29 is 36.8 Å². The van der Waals surface area contributed by atoms with Crippen molar-refractivity contribution in [3.8, 4) is 22.9 Å². The van der Waals surface area contributed by atoms with Gasteiger partial charge in [0.2, 0.25) is 11.7 Å². The van der Waals surface area contributed by atoms with Crippen LogP contribution in [0, 0.1) is 0 Å². The molecule has 2 saturated heterocycles. The van der Waals surface area contributed by atoms with Crippen LogP contribution in [0.1, 0.15) is 31.7 Å². The Kier molecular flexibility index (Phi) is 6.82. The quantitative estimate of drug-likeness (QED) is 0.399. The fourth-order valence-corrected chi connectivity index (χ4v) is 5.17. The molecule has 13 heteroatoms. The lowest BCUT2D eigenvalue weighted by molar-refractivity contribution is -0.138. The summed E-state index contributed by atoms with van der Waals surface area (Å²) in [6.07, 6.45) is -3.88. The number of hydrogen-bond acceptors (Lipinski definition) is 8. The molecule has 0 radical (unpaired) electrons. The minimum atomic E-state index is -4.73. The van der Waals surface area contributed by atoms with E-state index in [9.17, 15) is 22.8 Å². The number of nitrogens with one attached hydrogen (secondary N) is 1. The Morgan fingerprint density at radius 3 is 2.66 bits per heavy atom. The van der Waals surface area contributed by atoms with Crippen molar-refractivity contribution in [2.45, 2.75) is 48.7 Å². The van der Waals surface area contributed by atoms with Crippen LogP contribution in [-0.4, -0.2) is 51.0 Å². The number of carbonyl (C=O) groups excluding carboxylic acids is 2. The van der Waals surface area contributed by atoms with Crippen molar-refractivity contribution in [2.75, 3.05) is 13.2 Å². The minimum absolute atomic E-state index is 0.0305. The summed E-state index contributed by atoms with van der Waals surface area (Å²) < 4.78 is 58.4. The molecule has 0 spiro atoms. The van der Waals surface area contributed by atoms with Crippen LogP contribution in [0.3, 0.4) is 0 Å². The Bertz CT molecular complexity index is 1370. The monoisotopic (exact) mass is 548 g/mol. The number of amides is 3. The third-order valence-electron chi connectivity index (χ3n) is 6.00. The molecule has 38 heavy (non-hydrogen) atoms. The van der Waals surface area contributed by atoms with Gasteiger partial charge in [0.15, 0.2) is 0 Å². The van der Waals surface area contributed by atoms with E-state index in [4.69, 9.17) is 14.0 Å². The number of nitrogens with zero attached hydrogens (tertiary/aromatic N) is 3. The van der Waals surface area contributed by atoms with E-state index in [-0.39, 0.29) is 34.8 Å². The number of alkyl halides is 3. The average Bonchev–Trinajstić information content (AvgIpc) is 3.58. The third kappa shape index (κ3) is 5.34. The number of aromatic nitrogens is 2. The summed E-state index contributed by atoms with van der Waals surface area (Å²) in [4.78, 5) is 30.2. The summed E-state index contributed by atoms with van der Waals surface area (Å²) in [6, 6.07) is 9.75. The zero-order valence-corrected chi connectivity index (χ0v) is 21.2. The minimum Gasteiger partial charge on any atom is -0.456 e. The molecule has 200 valence electrons. The number of carbonyl (C=O) groups is 2. The molecule has 2 fully saturated rings. The van der Waals surface area contributed by atoms with Gasteiger partial charge in [0.1, 0.15) is 23.6 Å². The van der Waals surface area contributed by atoms with Gasteiger partial charge in [0.25, 0.3) is 5.91 Å². The molecule has 0 bridgehead atoms. The van der Waals surface area contributed by atoms with Gasteiger partial charge >= 0.3 is 12.2 Å². The highest BCUT2D eigenvalue weighted by atomic mass is 32.2. The number of thioether (sulfide) groups is 1. The highest BCUT2D eigenvalue weighted by Crippen LogP contribution is 2.43. The fourth-order valence-electron chi connectivity index (χ4n) is 4.05. The van der Waals surface area contributed by atoms with Gasteiger partial charge in [-0.05, 0) is 50.6 Å². The molecule has 5 rings (SSSR count). The SMILES string of the molecule is CC1(C)NC(=O)N(Cc2nc(-c3ccc(Oc4ccccc4SC4CCOC4)c(C(F)(F)F)c3)no2)C1=O. The van der Waals surface area contributed by atoms with Crippen molar-refractivity contribution in [3.63, 3.8) is 0 Å². The van der Waals surface area contributed by atoms with Gasteiger partial charge in [0, 0.05) is 17.4 Å². The molecule has 3 heterocycles. The van der Waals surface area contributed by atoms with Gasteiger partial charge in [0.05, 0.1) is 17.1 Å². The molecular weight excluding hydrogens is 525 g/mol. The van der Waals surface area contributed by atoms with Crippen molar-refractivity contribution in [1.29, 1.82) is 0 Å². The molecule has 2 aliphatic rings. The number of rotatable bonds is 7. The first-order chi connectivity index (χ1) is 18.0. The van der Waals surface area contributed by atoms with Gasteiger partial charge in [-0.15, -0.1) is 11.8 Å². The van der Waals surface area contributed by atoms with E-state index in [1.54, 1.807) is 38.1 Å². The molecule has 0 aliphatic carbocycles. The van der Waals surface area contributed by atoms with E-state index < -0.39 is 29.2 Å². The van der Waals surface area contributed by atoms with E-state index in [1.165, 1.54) is 23.9 Å². The van der Waals surface area contributed by atoms with Crippen LogP contribution in [0.4, 0.5) is 18.0 Å². The van der Waals surface area contributed by atoms with Crippen LogP contribution in [0.15, 0.2) is 51.9 Å². The van der Waals surface area contributed by atoms with E-state index in [0.29, 0.717) is 23.9 Å². The van der Waals surface area contributed by atoms with Crippen LogP contribution < -0.4 is 10.1 Å².